The zero-order chi connectivity index (χ0) is 30.6. The second kappa shape index (κ2) is 15.8. The van der Waals surface area contributed by atoms with E-state index in [4.69, 9.17) is 31.9 Å². The second-order valence-corrected chi connectivity index (χ2v) is 9.75. The van der Waals surface area contributed by atoms with Gasteiger partial charge in [-0.2, -0.15) is 0 Å². The van der Waals surface area contributed by atoms with Gasteiger partial charge in [0.25, 0.3) is 0 Å². The third-order valence-corrected chi connectivity index (χ3v) is 6.75. The molecular formula is C28H32ClF2N5O6. The van der Waals surface area contributed by atoms with Gasteiger partial charge in [0.1, 0.15) is 30.1 Å². The summed E-state index contributed by atoms with van der Waals surface area (Å²) in [6.07, 6.45) is 1.89. The number of likely N-dealkylation sites (N-methyl/N-ethyl adjacent to an activating group) is 1. The summed E-state index contributed by atoms with van der Waals surface area (Å²) < 4.78 is 37.7. The molecule has 3 aromatic rings. The maximum Gasteiger partial charge on any atom is 0.412 e. The van der Waals surface area contributed by atoms with Crippen LogP contribution >= 0.6 is 11.6 Å². The van der Waals surface area contributed by atoms with Crippen LogP contribution in [0.3, 0.4) is 0 Å². The zero-order valence-electron chi connectivity index (χ0n) is 22.8. The molecule has 0 spiro atoms. The number of nitrogens with two attached hydrogens (primary N) is 1. The number of halogens is 3. The van der Waals surface area contributed by atoms with Crippen molar-refractivity contribution in [1.29, 1.82) is 0 Å². The Kier molecular flexibility index (Phi) is 12.2. The van der Waals surface area contributed by atoms with Gasteiger partial charge in [0, 0.05) is 25.2 Å². The molecule has 2 atom stereocenters. The minimum absolute atomic E-state index is 0.0386. The summed E-state index contributed by atoms with van der Waals surface area (Å²) in [5.74, 6) is -1.62. The average Bonchev–Trinajstić information content (AvgIpc) is 2.97. The molecule has 0 unspecified atom stereocenters. The Hall–Kier alpha value is -4.07. The monoisotopic (exact) mass is 607 g/mol. The Morgan fingerprint density at radius 1 is 1.12 bits per heavy atom. The lowest BCUT2D eigenvalue weighted by Crippen LogP contribution is -2.46. The first-order chi connectivity index (χ1) is 20.1. The molecule has 42 heavy (non-hydrogen) atoms. The second-order valence-electron chi connectivity index (χ2n) is 9.37. The number of hydrogen-bond acceptors (Lipinski definition) is 8. The van der Waals surface area contributed by atoms with E-state index in [2.05, 4.69) is 15.6 Å². The van der Waals surface area contributed by atoms with Gasteiger partial charge < -0.3 is 30.5 Å². The fraction of sp³-hybridized carbons (Fsp3) is 0.357. The number of ether oxygens (including phenoxy) is 2. The number of carbonyl (C=O) groups is 3. The standard InChI is InChI=1S/C28H32ClF2N5O6/c1-36(27(39)34-14-18-5-4-7-22(31)25(18)29)21(6-2-3-10-41-26(38)23(32)15-37)16-42-28(40)35-24-12-19-11-20(30)9-8-17(19)13-33-24/h4-5,7-9,11-13,21,23,37H,2-3,6,10,14-16,32H2,1H3,(H,34,39)(H,33,35,40)/t21-,23+/m0/s1. The van der Waals surface area contributed by atoms with Crippen LogP contribution in [0.4, 0.5) is 24.2 Å². The molecule has 14 heteroatoms. The number of aromatic nitrogens is 1. The normalized spacial score (nSPS) is 12.3. The van der Waals surface area contributed by atoms with Gasteiger partial charge in [-0.05, 0) is 60.5 Å². The lowest BCUT2D eigenvalue weighted by atomic mass is 10.1. The van der Waals surface area contributed by atoms with E-state index in [1.165, 1.54) is 48.5 Å². The highest BCUT2D eigenvalue weighted by molar-refractivity contribution is 6.31. The number of fused-ring (bicyclic) bond motifs is 1. The van der Waals surface area contributed by atoms with E-state index in [1.807, 2.05) is 0 Å². The van der Waals surface area contributed by atoms with Crippen molar-refractivity contribution in [3.05, 3.63) is 70.9 Å². The van der Waals surface area contributed by atoms with Crippen LogP contribution in [-0.4, -0.2) is 72.0 Å². The first kappa shape index (κ1) is 32.4. The number of urea groups is 1. The quantitative estimate of drug-likeness (QED) is 0.168. The minimum atomic E-state index is -1.12. The summed E-state index contributed by atoms with van der Waals surface area (Å²) in [5, 5.41) is 15.2. The topological polar surface area (TPSA) is 156 Å². The van der Waals surface area contributed by atoms with Crippen LogP contribution in [0.5, 0.6) is 0 Å². The molecule has 11 nitrogen and oxygen atoms in total. The number of amides is 3. The number of esters is 1. The minimum Gasteiger partial charge on any atom is -0.464 e. The number of unbranched alkanes of at least 4 members (excludes halogenated alkanes) is 1. The van der Waals surface area contributed by atoms with E-state index in [9.17, 15) is 23.2 Å². The number of rotatable bonds is 13. The maximum atomic E-state index is 13.8. The number of benzene rings is 2. The molecule has 0 aliphatic rings. The van der Waals surface area contributed by atoms with Gasteiger partial charge in [-0.15, -0.1) is 0 Å². The summed E-state index contributed by atoms with van der Waals surface area (Å²) in [4.78, 5) is 42.5. The smallest absolute Gasteiger partial charge is 0.412 e. The molecule has 0 aliphatic heterocycles. The number of nitrogens with zero attached hydrogens (tertiary/aromatic N) is 2. The van der Waals surface area contributed by atoms with Crippen LogP contribution in [0, 0.1) is 11.6 Å². The van der Waals surface area contributed by atoms with Gasteiger partial charge in [-0.1, -0.05) is 23.7 Å². The molecule has 226 valence electrons. The van der Waals surface area contributed by atoms with Crippen LogP contribution in [-0.2, 0) is 20.8 Å². The maximum absolute atomic E-state index is 13.8. The number of aliphatic hydroxyl groups excluding tert-OH is 1. The Morgan fingerprint density at radius 2 is 1.90 bits per heavy atom. The van der Waals surface area contributed by atoms with E-state index in [0.717, 1.165) is 0 Å². The van der Waals surface area contributed by atoms with Crippen LogP contribution in [0.25, 0.3) is 10.8 Å². The van der Waals surface area contributed by atoms with Crippen molar-refractivity contribution >= 4 is 46.3 Å². The number of carbonyl (C=O) groups excluding carboxylic acids is 3. The molecule has 0 saturated carbocycles. The van der Waals surface area contributed by atoms with E-state index >= 15 is 0 Å². The molecule has 5 N–H and O–H groups in total. The van der Waals surface area contributed by atoms with Crippen molar-refractivity contribution in [2.24, 2.45) is 5.73 Å². The SMILES string of the molecule is CN(C(=O)NCc1cccc(F)c1Cl)[C@@H](CCCCOC(=O)[C@H](N)CO)COC(=O)Nc1cc2cc(F)ccc2cn1. The van der Waals surface area contributed by atoms with E-state index in [1.54, 1.807) is 12.1 Å². The predicted molar refractivity (Wildman–Crippen MR) is 152 cm³/mol. The average molecular weight is 608 g/mol. The van der Waals surface area contributed by atoms with E-state index in [0.29, 0.717) is 35.6 Å². The Balaban J connectivity index is 1.59. The molecular weight excluding hydrogens is 576 g/mol. The Labute approximate surface area is 245 Å². The zero-order valence-corrected chi connectivity index (χ0v) is 23.6. The van der Waals surface area contributed by atoms with Crippen molar-refractivity contribution in [2.45, 2.75) is 37.9 Å². The third kappa shape index (κ3) is 9.50. The third-order valence-electron chi connectivity index (χ3n) is 6.33. The molecule has 0 saturated heterocycles. The number of nitrogens with one attached hydrogen (secondary N) is 2. The Morgan fingerprint density at radius 3 is 2.67 bits per heavy atom. The fourth-order valence-electron chi connectivity index (χ4n) is 3.86. The Bertz CT molecular complexity index is 1400. The van der Waals surface area contributed by atoms with E-state index in [-0.39, 0.29) is 30.6 Å². The summed E-state index contributed by atoms with van der Waals surface area (Å²) in [6, 6.07) is 7.69. The molecule has 0 bridgehead atoms. The van der Waals surface area contributed by atoms with Crippen LogP contribution in [0.2, 0.25) is 5.02 Å². The van der Waals surface area contributed by atoms with Gasteiger partial charge >= 0.3 is 18.1 Å². The predicted octanol–water partition coefficient (Wildman–Crippen LogP) is 3.96. The summed E-state index contributed by atoms with van der Waals surface area (Å²) in [6.45, 7) is -0.730. The van der Waals surface area contributed by atoms with Crippen LogP contribution < -0.4 is 16.4 Å². The summed E-state index contributed by atoms with van der Waals surface area (Å²) in [5.41, 5.74) is 5.80. The molecule has 3 rings (SSSR count). The lowest BCUT2D eigenvalue weighted by Gasteiger charge is -2.28. The van der Waals surface area contributed by atoms with Gasteiger partial charge in [0.2, 0.25) is 0 Å². The fourth-order valence-corrected chi connectivity index (χ4v) is 4.06. The van der Waals surface area contributed by atoms with Crippen molar-refractivity contribution in [3.8, 4) is 0 Å². The number of anilines is 1. The highest BCUT2D eigenvalue weighted by atomic mass is 35.5. The van der Waals surface area contributed by atoms with Gasteiger partial charge in [-0.3, -0.25) is 10.1 Å². The molecule has 0 fully saturated rings. The first-order valence-electron chi connectivity index (χ1n) is 13.0. The summed E-state index contributed by atoms with van der Waals surface area (Å²) >= 11 is 5.97. The van der Waals surface area contributed by atoms with Crippen molar-refractivity contribution in [3.63, 3.8) is 0 Å². The van der Waals surface area contributed by atoms with Crippen LogP contribution in [0.1, 0.15) is 24.8 Å². The number of pyridine rings is 1. The van der Waals surface area contributed by atoms with Gasteiger partial charge in [-0.25, -0.2) is 23.4 Å². The lowest BCUT2D eigenvalue weighted by molar-refractivity contribution is -0.146. The van der Waals surface area contributed by atoms with E-state index < -0.39 is 48.4 Å². The molecule has 1 heterocycles. The highest BCUT2D eigenvalue weighted by Crippen LogP contribution is 2.20. The molecule has 0 radical (unpaired) electrons. The highest BCUT2D eigenvalue weighted by Gasteiger charge is 2.22. The first-order valence-corrected chi connectivity index (χ1v) is 13.4. The van der Waals surface area contributed by atoms with Gasteiger partial charge in [0.15, 0.2) is 0 Å². The molecule has 3 amide bonds. The molecule has 2 aromatic carbocycles. The largest absolute Gasteiger partial charge is 0.464 e. The number of aliphatic hydroxyl groups is 1. The molecule has 0 aliphatic carbocycles. The van der Waals surface area contributed by atoms with Crippen molar-refractivity contribution in [2.75, 3.05) is 32.2 Å². The van der Waals surface area contributed by atoms with Crippen molar-refractivity contribution in [1.82, 2.24) is 15.2 Å². The number of hydrogen-bond donors (Lipinski definition) is 4. The van der Waals surface area contributed by atoms with Gasteiger partial charge in [0.05, 0.1) is 24.3 Å². The van der Waals surface area contributed by atoms with Crippen molar-refractivity contribution < 1.29 is 37.7 Å². The van der Waals surface area contributed by atoms with Crippen LogP contribution in [0.15, 0.2) is 48.7 Å². The molecule has 1 aromatic heterocycles. The summed E-state index contributed by atoms with van der Waals surface area (Å²) in [7, 11) is 1.51.